The summed E-state index contributed by atoms with van der Waals surface area (Å²) < 4.78 is 35.3. The van der Waals surface area contributed by atoms with E-state index in [1.54, 1.807) is 31.4 Å². The lowest BCUT2D eigenvalue weighted by molar-refractivity contribution is 0.150. The summed E-state index contributed by atoms with van der Waals surface area (Å²) in [5.74, 6) is 1.01. The number of oxime groups is 1. The summed E-state index contributed by atoms with van der Waals surface area (Å²) in [7, 11) is -2.37. The van der Waals surface area contributed by atoms with Crippen LogP contribution in [0, 0.1) is 28.1 Å². The zero-order valence-corrected chi connectivity index (χ0v) is 18.0. The molecule has 1 aromatic carbocycles. The Labute approximate surface area is 168 Å². The van der Waals surface area contributed by atoms with E-state index < -0.39 is 10.1 Å². The normalized spacial score (nSPS) is 29.4. The summed E-state index contributed by atoms with van der Waals surface area (Å²) in [5, 5.41) is 13.0. The number of nitrogens with zero attached hydrogens (tertiary/aromatic N) is 2. The fourth-order valence-electron chi connectivity index (χ4n) is 4.68. The van der Waals surface area contributed by atoms with Crippen molar-refractivity contribution in [2.24, 2.45) is 21.9 Å². The van der Waals surface area contributed by atoms with Crippen molar-refractivity contribution in [1.82, 2.24) is 0 Å². The molecule has 2 aliphatic rings. The Bertz CT molecular complexity index is 889. The number of hydrogen-bond donors (Lipinski definition) is 0. The van der Waals surface area contributed by atoms with Gasteiger partial charge < -0.3 is 4.74 Å². The van der Waals surface area contributed by atoms with Crippen LogP contribution in [0.5, 0.6) is 5.75 Å². The van der Waals surface area contributed by atoms with Crippen LogP contribution in [-0.2, 0) is 14.4 Å². The summed E-state index contributed by atoms with van der Waals surface area (Å²) in [5.41, 5.74) is -0.0379. The third kappa shape index (κ3) is 3.59. The van der Waals surface area contributed by atoms with Crippen molar-refractivity contribution in [3.63, 3.8) is 0 Å². The highest BCUT2D eigenvalue weighted by Gasteiger charge is 2.63. The van der Waals surface area contributed by atoms with Crippen LogP contribution in [0.15, 0.2) is 29.4 Å². The molecule has 146 valence electrons. The van der Waals surface area contributed by atoms with Crippen LogP contribution in [0.25, 0.3) is 0 Å². The Hall–Kier alpha value is -1.59. The Kier molecular flexibility index (Phi) is 5.30. The maximum atomic E-state index is 12.6. The zero-order chi connectivity index (χ0) is 19.9. The molecule has 0 aromatic heterocycles. The Balaban J connectivity index is 1.78. The highest BCUT2D eigenvalue weighted by Crippen LogP contribution is 2.67. The van der Waals surface area contributed by atoms with Gasteiger partial charge in [0.25, 0.3) is 0 Å². The smallest absolute Gasteiger partial charge is 0.329 e. The van der Waals surface area contributed by atoms with Gasteiger partial charge in [-0.1, -0.05) is 34.9 Å². The molecule has 2 aliphatic carbocycles. The van der Waals surface area contributed by atoms with E-state index in [0.29, 0.717) is 22.1 Å². The monoisotopic (exact) mass is 454 g/mol. The van der Waals surface area contributed by atoms with E-state index in [0.717, 1.165) is 19.3 Å². The topological polar surface area (TPSA) is 88.8 Å². The Morgan fingerprint density at radius 3 is 2.52 bits per heavy atom. The van der Waals surface area contributed by atoms with Gasteiger partial charge in [0, 0.05) is 10.4 Å². The molecule has 2 bridgehead atoms. The van der Waals surface area contributed by atoms with Gasteiger partial charge in [-0.05, 0) is 60.3 Å². The van der Waals surface area contributed by atoms with Gasteiger partial charge in [0.2, 0.25) is 0 Å². The molecule has 0 spiro atoms. The lowest BCUT2D eigenvalue weighted by Crippen LogP contribution is -2.37. The molecule has 3 atom stereocenters. The first kappa shape index (κ1) is 20.2. The molecule has 0 N–H and O–H groups in total. The molecule has 0 radical (unpaired) electrons. The lowest BCUT2D eigenvalue weighted by Gasteiger charge is -2.36. The third-order valence-corrected chi connectivity index (χ3v) is 8.58. The number of benzene rings is 1. The van der Waals surface area contributed by atoms with E-state index in [9.17, 15) is 13.7 Å². The average molecular weight is 455 g/mol. The minimum atomic E-state index is -3.91. The summed E-state index contributed by atoms with van der Waals surface area (Å²) in [6.07, 6.45) is 2.68. The fraction of sp³-hybridized carbons (Fsp3) is 0.579. The zero-order valence-electron chi connectivity index (χ0n) is 15.6. The van der Waals surface area contributed by atoms with Crippen LogP contribution in [0.3, 0.4) is 0 Å². The quantitative estimate of drug-likeness (QED) is 0.369. The number of ether oxygens (including phenoxy) is 1. The first-order valence-electron chi connectivity index (χ1n) is 8.82. The minimum Gasteiger partial charge on any atom is -0.497 e. The summed E-state index contributed by atoms with van der Waals surface area (Å²) >= 11 is 3.71. The van der Waals surface area contributed by atoms with E-state index in [2.05, 4.69) is 34.9 Å². The van der Waals surface area contributed by atoms with E-state index in [4.69, 9.17) is 9.02 Å². The van der Waals surface area contributed by atoms with Gasteiger partial charge in [0.05, 0.1) is 12.9 Å². The molecule has 2 fully saturated rings. The molecule has 0 saturated heterocycles. The van der Waals surface area contributed by atoms with E-state index in [1.807, 2.05) is 6.07 Å². The number of methoxy groups -OCH3 is 1. The lowest BCUT2D eigenvalue weighted by atomic mass is 9.71. The van der Waals surface area contributed by atoms with Crippen molar-refractivity contribution in [3.05, 3.63) is 29.8 Å². The SMILES string of the molecule is COc1ccc(C(C#N)=NOS(=O)(=O)CC23CCC(C(Br)C2)C3(C)C)cc1. The predicted octanol–water partition coefficient (Wildman–Crippen LogP) is 3.86. The van der Waals surface area contributed by atoms with Crippen LogP contribution < -0.4 is 4.74 Å². The van der Waals surface area contributed by atoms with Gasteiger partial charge in [-0.2, -0.15) is 13.7 Å². The van der Waals surface area contributed by atoms with Gasteiger partial charge >= 0.3 is 10.1 Å². The van der Waals surface area contributed by atoms with Crippen LogP contribution in [0.4, 0.5) is 0 Å². The number of nitriles is 1. The molecule has 0 heterocycles. The second kappa shape index (κ2) is 7.10. The van der Waals surface area contributed by atoms with Gasteiger partial charge in [0.1, 0.15) is 11.8 Å². The van der Waals surface area contributed by atoms with Crippen molar-refractivity contribution < 1.29 is 17.4 Å². The van der Waals surface area contributed by atoms with Crippen molar-refractivity contribution in [2.45, 2.75) is 37.9 Å². The molecule has 8 heteroatoms. The molecular weight excluding hydrogens is 432 g/mol. The first-order valence-corrected chi connectivity index (χ1v) is 11.3. The largest absolute Gasteiger partial charge is 0.497 e. The van der Waals surface area contributed by atoms with Gasteiger partial charge in [0.15, 0.2) is 5.71 Å². The van der Waals surface area contributed by atoms with Gasteiger partial charge in [-0.25, -0.2) is 0 Å². The van der Waals surface area contributed by atoms with E-state index in [-0.39, 0.29) is 22.3 Å². The second-order valence-corrected chi connectivity index (χ2v) is 10.7. The molecule has 1 aromatic rings. The fourth-order valence-corrected chi connectivity index (χ4v) is 7.78. The van der Waals surface area contributed by atoms with Gasteiger partial charge in [-0.3, -0.25) is 4.28 Å². The molecular formula is C19H23BrN2O4S. The van der Waals surface area contributed by atoms with E-state index >= 15 is 0 Å². The van der Waals surface area contributed by atoms with Crippen LogP contribution in [-0.4, -0.2) is 31.8 Å². The van der Waals surface area contributed by atoms with Crippen molar-refractivity contribution in [3.8, 4) is 11.8 Å². The first-order chi connectivity index (χ1) is 12.6. The molecule has 0 amide bonds. The minimum absolute atomic E-state index is 0.0869. The molecule has 27 heavy (non-hydrogen) atoms. The number of fused-ring (bicyclic) bond motifs is 2. The molecule has 6 nitrogen and oxygen atoms in total. The van der Waals surface area contributed by atoms with Gasteiger partial charge in [-0.15, -0.1) is 0 Å². The average Bonchev–Trinajstić information content (AvgIpc) is 2.95. The standard InChI is InChI=1S/C19H23BrN2O4S/c1-18(2)15-8-9-19(18,10-16(15)20)12-27(23,24)26-22-17(11-21)13-4-6-14(25-3)7-5-13/h4-7,15-16H,8-10,12H2,1-3H3. The molecule has 2 saturated carbocycles. The van der Waals surface area contributed by atoms with Crippen LogP contribution >= 0.6 is 15.9 Å². The van der Waals surface area contributed by atoms with Crippen molar-refractivity contribution in [1.29, 1.82) is 5.26 Å². The maximum absolute atomic E-state index is 12.6. The van der Waals surface area contributed by atoms with Crippen LogP contribution in [0.1, 0.15) is 38.7 Å². The number of halogens is 1. The molecule has 3 unspecified atom stereocenters. The number of alkyl halides is 1. The summed E-state index contributed by atoms with van der Waals surface area (Å²) in [6.45, 7) is 4.28. The Morgan fingerprint density at radius 1 is 1.37 bits per heavy atom. The Morgan fingerprint density at radius 2 is 2.04 bits per heavy atom. The number of rotatable bonds is 6. The highest BCUT2D eigenvalue weighted by atomic mass is 79.9. The predicted molar refractivity (Wildman–Crippen MR) is 106 cm³/mol. The van der Waals surface area contributed by atoms with Crippen molar-refractivity contribution >= 4 is 31.8 Å². The van der Waals surface area contributed by atoms with Crippen molar-refractivity contribution in [2.75, 3.05) is 12.9 Å². The second-order valence-electron chi connectivity index (χ2n) is 7.92. The highest BCUT2D eigenvalue weighted by molar-refractivity contribution is 9.09. The molecule has 3 rings (SSSR count). The third-order valence-electron chi connectivity index (χ3n) is 6.41. The molecule has 0 aliphatic heterocycles. The summed E-state index contributed by atoms with van der Waals surface area (Å²) in [6, 6.07) is 8.50. The summed E-state index contributed by atoms with van der Waals surface area (Å²) in [4.78, 5) is 0.328. The van der Waals surface area contributed by atoms with E-state index in [1.165, 1.54) is 0 Å². The van der Waals surface area contributed by atoms with Crippen LogP contribution in [0.2, 0.25) is 0 Å². The maximum Gasteiger partial charge on any atom is 0.329 e. The number of hydrogen-bond acceptors (Lipinski definition) is 6.